The first-order chi connectivity index (χ1) is 10.0. The lowest BCUT2D eigenvalue weighted by atomic mass is 10.0. The lowest BCUT2D eigenvalue weighted by molar-refractivity contribution is -0.120. The fourth-order valence-corrected chi connectivity index (χ4v) is 2.36. The van der Waals surface area contributed by atoms with Crippen LogP contribution in [0.3, 0.4) is 0 Å². The molecule has 0 aromatic heterocycles. The lowest BCUT2D eigenvalue weighted by Gasteiger charge is -2.17. The summed E-state index contributed by atoms with van der Waals surface area (Å²) in [6, 6.07) is 5.48. The van der Waals surface area contributed by atoms with E-state index in [1.54, 1.807) is 6.07 Å². The van der Waals surface area contributed by atoms with E-state index in [9.17, 15) is 9.59 Å². The van der Waals surface area contributed by atoms with E-state index in [1.807, 2.05) is 26.1 Å². The first-order valence-electron chi connectivity index (χ1n) is 6.95. The van der Waals surface area contributed by atoms with E-state index < -0.39 is 0 Å². The van der Waals surface area contributed by atoms with E-state index in [0.29, 0.717) is 24.6 Å². The molecular formula is C15H21N3O3. The summed E-state index contributed by atoms with van der Waals surface area (Å²) in [4.78, 5) is 23.5. The molecule has 1 saturated heterocycles. The number of carbonyl (C=O) groups is 2. The van der Waals surface area contributed by atoms with Crippen LogP contribution in [0.15, 0.2) is 18.2 Å². The van der Waals surface area contributed by atoms with Crippen LogP contribution in [0.1, 0.15) is 12.5 Å². The van der Waals surface area contributed by atoms with Crippen LogP contribution >= 0.6 is 0 Å². The van der Waals surface area contributed by atoms with Gasteiger partial charge in [-0.25, -0.2) is 0 Å². The summed E-state index contributed by atoms with van der Waals surface area (Å²) in [6.45, 7) is 4.32. The predicted molar refractivity (Wildman–Crippen MR) is 81.3 cm³/mol. The van der Waals surface area contributed by atoms with Crippen molar-refractivity contribution in [1.29, 1.82) is 0 Å². The highest BCUT2D eigenvalue weighted by atomic mass is 16.5. The Labute approximate surface area is 124 Å². The van der Waals surface area contributed by atoms with Crippen molar-refractivity contribution in [3.05, 3.63) is 23.8 Å². The minimum Gasteiger partial charge on any atom is -0.379 e. The number of rotatable bonds is 4. The number of hydrogen-bond donors (Lipinski definition) is 3. The molecular weight excluding hydrogens is 270 g/mol. The van der Waals surface area contributed by atoms with E-state index in [4.69, 9.17) is 4.74 Å². The molecule has 1 aromatic carbocycles. The zero-order chi connectivity index (χ0) is 15.4. The Kier molecular flexibility index (Phi) is 4.93. The molecule has 2 unspecified atom stereocenters. The number of carbonyl (C=O) groups excluding carboxylic acids is 2. The molecule has 21 heavy (non-hydrogen) atoms. The number of nitrogens with one attached hydrogen (secondary N) is 3. The minimum atomic E-state index is -0.208. The second kappa shape index (κ2) is 6.69. The van der Waals surface area contributed by atoms with E-state index in [2.05, 4.69) is 16.0 Å². The first-order valence-corrected chi connectivity index (χ1v) is 6.95. The number of benzene rings is 1. The quantitative estimate of drug-likeness (QED) is 0.777. The third kappa shape index (κ3) is 3.80. The highest BCUT2D eigenvalue weighted by Crippen LogP contribution is 2.22. The molecule has 0 saturated carbocycles. The Morgan fingerprint density at radius 2 is 2.00 bits per heavy atom. The summed E-state index contributed by atoms with van der Waals surface area (Å²) < 4.78 is 5.33. The molecule has 1 fully saturated rings. The Hall–Kier alpha value is -1.92. The Morgan fingerprint density at radius 1 is 1.24 bits per heavy atom. The second-order valence-electron chi connectivity index (χ2n) is 5.24. The highest BCUT2D eigenvalue weighted by Gasteiger charge is 2.32. The Bertz CT molecular complexity index is 545. The van der Waals surface area contributed by atoms with Gasteiger partial charge in [0.25, 0.3) is 0 Å². The molecule has 1 aliphatic heterocycles. The van der Waals surface area contributed by atoms with Gasteiger partial charge >= 0.3 is 0 Å². The van der Waals surface area contributed by atoms with Crippen LogP contribution in [0.4, 0.5) is 11.4 Å². The van der Waals surface area contributed by atoms with Gasteiger partial charge in [0.2, 0.25) is 11.8 Å². The Morgan fingerprint density at radius 3 is 2.67 bits per heavy atom. The number of likely N-dealkylation sites (N-methyl/N-ethyl adjacent to an activating group) is 1. The molecule has 1 aliphatic rings. The fraction of sp³-hybridized carbons (Fsp3) is 0.467. The van der Waals surface area contributed by atoms with Crippen LogP contribution in [0.5, 0.6) is 0 Å². The highest BCUT2D eigenvalue weighted by molar-refractivity contribution is 5.95. The largest absolute Gasteiger partial charge is 0.379 e. The summed E-state index contributed by atoms with van der Waals surface area (Å²) in [5.41, 5.74) is 2.31. The molecule has 2 amide bonds. The smallest absolute Gasteiger partial charge is 0.231 e. The molecule has 2 atom stereocenters. The SMILES string of the molecule is CNC1COCC1C(=O)Nc1ccc(C)c(NC(C)=O)c1. The van der Waals surface area contributed by atoms with Gasteiger partial charge in [-0.05, 0) is 31.7 Å². The minimum absolute atomic E-state index is 0.0327. The van der Waals surface area contributed by atoms with Gasteiger partial charge in [-0.1, -0.05) is 6.07 Å². The number of aryl methyl sites for hydroxylation is 1. The van der Waals surface area contributed by atoms with Gasteiger partial charge in [0.15, 0.2) is 0 Å². The number of amides is 2. The maximum Gasteiger partial charge on any atom is 0.231 e. The van der Waals surface area contributed by atoms with Crippen LogP contribution in [0.25, 0.3) is 0 Å². The van der Waals surface area contributed by atoms with Crippen molar-refractivity contribution >= 4 is 23.2 Å². The zero-order valence-corrected chi connectivity index (χ0v) is 12.5. The monoisotopic (exact) mass is 291 g/mol. The standard InChI is InChI=1S/C15H21N3O3/c1-9-4-5-11(6-13(9)17-10(2)19)18-15(20)12-7-21-8-14(12)16-3/h4-6,12,14,16H,7-8H2,1-3H3,(H,17,19)(H,18,20). The number of anilines is 2. The molecule has 1 aromatic rings. The molecule has 0 spiro atoms. The summed E-state index contributed by atoms with van der Waals surface area (Å²) in [5.74, 6) is -0.425. The van der Waals surface area contributed by atoms with Crippen molar-refractivity contribution in [2.45, 2.75) is 19.9 Å². The molecule has 114 valence electrons. The summed E-state index contributed by atoms with van der Waals surface area (Å²) in [5, 5.41) is 8.71. The first kappa shape index (κ1) is 15.5. The molecule has 0 bridgehead atoms. The van der Waals surface area contributed by atoms with Gasteiger partial charge in [0.05, 0.1) is 19.1 Å². The van der Waals surface area contributed by atoms with Crippen LogP contribution in [-0.2, 0) is 14.3 Å². The summed E-state index contributed by atoms with van der Waals surface area (Å²) in [7, 11) is 1.82. The van der Waals surface area contributed by atoms with Crippen molar-refractivity contribution in [2.24, 2.45) is 5.92 Å². The molecule has 3 N–H and O–H groups in total. The molecule has 2 rings (SSSR count). The topological polar surface area (TPSA) is 79.5 Å². The molecule has 0 aliphatic carbocycles. The van der Waals surface area contributed by atoms with Crippen LogP contribution in [0.2, 0.25) is 0 Å². The average molecular weight is 291 g/mol. The van der Waals surface area contributed by atoms with Gasteiger partial charge in [0.1, 0.15) is 0 Å². The van der Waals surface area contributed by atoms with Crippen molar-refractivity contribution in [3.8, 4) is 0 Å². The van der Waals surface area contributed by atoms with Crippen molar-refractivity contribution in [2.75, 3.05) is 30.9 Å². The molecule has 1 heterocycles. The average Bonchev–Trinajstić information content (AvgIpc) is 2.90. The van der Waals surface area contributed by atoms with E-state index in [-0.39, 0.29) is 23.8 Å². The molecule has 0 radical (unpaired) electrons. The maximum absolute atomic E-state index is 12.3. The van der Waals surface area contributed by atoms with E-state index >= 15 is 0 Å². The van der Waals surface area contributed by atoms with Crippen LogP contribution in [-0.4, -0.2) is 38.1 Å². The third-order valence-electron chi connectivity index (χ3n) is 3.60. The zero-order valence-electron chi connectivity index (χ0n) is 12.5. The second-order valence-corrected chi connectivity index (χ2v) is 5.24. The summed E-state index contributed by atoms with van der Waals surface area (Å²) >= 11 is 0. The van der Waals surface area contributed by atoms with Gasteiger partial charge in [-0.2, -0.15) is 0 Å². The van der Waals surface area contributed by atoms with Crippen LogP contribution < -0.4 is 16.0 Å². The van der Waals surface area contributed by atoms with Gasteiger partial charge < -0.3 is 20.7 Å². The predicted octanol–water partition coefficient (Wildman–Crippen LogP) is 1.13. The fourth-order valence-electron chi connectivity index (χ4n) is 2.36. The van der Waals surface area contributed by atoms with Gasteiger partial charge in [0, 0.05) is 24.3 Å². The van der Waals surface area contributed by atoms with Gasteiger partial charge in [-0.15, -0.1) is 0 Å². The van der Waals surface area contributed by atoms with Crippen molar-refractivity contribution in [1.82, 2.24) is 5.32 Å². The third-order valence-corrected chi connectivity index (χ3v) is 3.60. The van der Waals surface area contributed by atoms with Crippen molar-refractivity contribution in [3.63, 3.8) is 0 Å². The summed E-state index contributed by atoms with van der Waals surface area (Å²) in [6.07, 6.45) is 0. The van der Waals surface area contributed by atoms with E-state index in [1.165, 1.54) is 6.92 Å². The number of hydrogen-bond acceptors (Lipinski definition) is 4. The maximum atomic E-state index is 12.3. The van der Waals surface area contributed by atoms with Gasteiger partial charge in [-0.3, -0.25) is 9.59 Å². The molecule has 6 nitrogen and oxygen atoms in total. The van der Waals surface area contributed by atoms with Crippen molar-refractivity contribution < 1.29 is 14.3 Å². The molecule has 6 heteroatoms. The van der Waals surface area contributed by atoms with Crippen LogP contribution in [0, 0.1) is 12.8 Å². The van der Waals surface area contributed by atoms with E-state index in [0.717, 1.165) is 5.56 Å². The normalized spacial score (nSPS) is 21.1. The lowest BCUT2D eigenvalue weighted by Crippen LogP contribution is -2.39. The number of ether oxygens (including phenoxy) is 1. The Balaban J connectivity index is 2.08.